The lowest BCUT2D eigenvalue weighted by Crippen LogP contribution is -2.39. The fourth-order valence-electron chi connectivity index (χ4n) is 2.78. The molecule has 0 aliphatic rings. The van der Waals surface area contributed by atoms with Crippen LogP contribution in [0, 0.1) is 6.92 Å². The lowest BCUT2D eigenvalue weighted by Gasteiger charge is -2.18. The number of nitrogens with one attached hydrogen (secondary N) is 2. The molecule has 1 unspecified atom stereocenters. The van der Waals surface area contributed by atoms with Crippen molar-refractivity contribution in [3.8, 4) is 11.5 Å². The summed E-state index contributed by atoms with van der Waals surface area (Å²) in [6.07, 6.45) is 2.48. The van der Waals surface area contributed by atoms with Crippen LogP contribution in [-0.2, 0) is 6.42 Å². The second-order valence-corrected chi connectivity index (χ2v) is 6.54. The minimum atomic E-state index is 0. The van der Waals surface area contributed by atoms with Crippen LogP contribution in [0.25, 0.3) is 11.5 Å². The molecule has 3 rings (SSSR count). The molecule has 1 heterocycles. The van der Waals surface area contributed by atoms with Crippen molar-refractivity contribution < 1.29 is 4.42 Å². The summed E-state index contributed by atoms with van der Waals surface area (Å²) in [6, 6.07) is 18.7. The average Bonchev–Trinajstić information content (AvgIpc) is 3.17. The van der Waals surface area contributed by atoms with Gasteiger partial charge in [0, 0.05) is 25.6 Å². The SMILES string of the molecule is CN=C(NCCc1coc(-c2ccc(C)cc2)n1)NC(C)c1ccccc1.I. The number of aryl methyl sites for hydroxylation is 1. The van der Waals surface area contributed by atoms with E-state index in [0.717, 1.165) is 30.2 Å². The first-order valence-electron chi connectivity index (χ1n) is 9.19. The van der Waals surface area contributed by atoms with Gasteiger partial charge >= 0.3 is 0 Å². The van der Waals surface area contributed by atoms with Gasteiger partial charge in [0.05, 0.1) is 11.7 Å². The van der Waals surface area contributed by atoms with Crippen LogP contribution in [0.4, 0.5) is 0 Å². The van der Waals surface area contributed by atoms with Gasteiger partial charge in [-0.05, 0) is 31.5 Å². The normalized spacial score (nSPS) is 12.2. The Hall–Kier alpha value is -2.35. The predicted molar refractivity (Wildman–Crippen MR) is 125 cm³/mol. The first-order valence-corrected chi connectivity index (χ1v) is 9.19. The molecular weight excluding hydrogens is 463 g/mol. The molecular formula is C22H27IN4O. The highest BCUT2D eigenvalue weighted by atomic mass is 127. The molecule has 28 heavy (non-hydrogen) atoms. The van der Waals surface area contributed by atoms with E-state index in [1.165, 1.54) is 11.1 Å². The Morgan fingerprint density at radius 2 is 1.82 bits per heavy atom. The Labute approximate surface area is 183 Å². The van der Waals surface area contributed by atoms with Crippen molar-refractivity contribution in [1.29, 1.82) is 0 Å². The Morgan fingerprint density at radius 1 is 1.11 bits per heavy atom. The standard InChI is InChI=1S/C22H26N4O.HI/c1-16-9-11-19(12-10-16)21-26-20(15-27-21)13-14-24-22(23-3)25-17(2)18-7-5-4-6-8-18;/h4-12,15,17H,13-14H2,1-3H3,(H2,23,24,25);1H. The Bertz CT molecular complexity index is 875. The molecule has 0 saturated heterocycles. The highest BCUT2D eigenvalue weighted by molar-refractivity contribution is 14.0. The van der Waals surface area contributed by atoms with Crippen LogP contribution in [0.5, 0.6) is 0 Å². The van der Waals surface area contributed by atoms with Crippen LogP contribution in [0.15, 0.2) is 70.3 Å². The predicted octanol–water partition coefficient (Wildman–Crippen LogP) is 4.74. The lowest BCUT2D eigenvalue weighted by atomic mass is 10.1. The fourth-order valence-corrected chi connectivity index (χ4v) is 2.78. The third-order valence-electron chi connectivity index (χ3n) is 4.40. The van der Waals surface area contributed by atoms with Gasteiger partial charge in [0.2, 0.25) is 5.89 Å². The molecule has 3 aromatic rings. The van der Waals surface area contributed by atoms with E-state index in [2.05, 4.69) is 58.7 Å². The number of aromatic nitrogens is 1. The van der Waals surface area contributed by atoms with Gasteiger partial charge in [0.1, 0.15) is 6.26 Å². The summed E-state index contributed by atoms with van der Waals surface area (Å²) in [5.41, 5.74) is 4.36. The van der Waals surface area contributed by atoms with Gasteiger partial charge in [-0.25, -0.2) is 4.98 Å². The van der Waals surface area contributed by atoms with Gasteiger partial charge in [-0.1, -0.05) is 48.0 Å². The topological polar surface area (TPSA) is 62.5 Å². The Balaban J connectivity index is 0.00000280. The number of hydrogen-bond donors (Lipinski definition) is 2. The zero-order chi connectivity index (χ0) is 19.1. The maximum atomic E-state index is 5.61. The molecule has 0 aliphatic heterocycles. The number of halogens is 1. The first kappa shape index (κ1) is 21.9. The van der Waals surface area contributed by atoms with Crippen LogP contribution in [0.2, 0.25) is 0 Å². The molecule has 1 atom stereocenters. The van der Waals surface area contributed by atoms with Gasteiger partial charge in [0.15, 0.2) is 5.96 Å². The van der Waals surface area contributed by atoms with Crippen LogP contribution in [0.3, 0.4) is 0 Å². The van der Waals surface area contributed by atoms with Crippen molar-refractivity contribution in [2.24, 2.45) is 4.99 Å². The smallest absolute Gasteiger partial charge is 0.226 e. The number of oxazole rings is 1. The maximum absolute atomic E-state index is 5.61. The van der Waals surface area contributed by atoms with Crippen molar-refractivity contribution in [3.05, 3.63) is 77.7 Å². The summed E-state index contributed by atoms with van der Waals surface area (Å²) in [5.74, 6) is 1.43. The van der Waals surface area contributed by atoms with E-state index in [1.54, 1.807) is 13.3 Å². The second-order valence-electron chi connectivity index (χ2n) is 6.54. The average molecular weight is 490 g/mol. The van der Waals surface area contributed by atoms with Crippen molar-refractivity contribution >= 4 is 29.9 Å². The van der Waals surface area contributed by atoms with E-state index in [1.807, 2.05) is 30.3 Å². The molecule has 0 spiro atoms. The summed E-state index contributed by atoms with van der Waals surface area (Å²) < 4.78 is 5.61. The Kier molecular flexibility index (Phi) is 8.50. The number of nitrogens with zero attached hydrogens (tertiary/aromatic N) is 2. The summed E-state index contributed by atoms with van der Waals surface area (Å²) >= 11 is 0. The maximum Gasteiger partial charge on any atom is 0.226 e. The van der Waals surface area contributed by atoms with Crippen LogP contribution in [0.1, 0.15) is 29.8 Å². The molecule has 0 fully saturated rings. The lowest BCUT2D eigenvalue weighted by molar-refractivity contribution is 0.572. The summed E-state index contributed by atoms with van der Waals surface area (Å²) in [4.78, 5) is 8.87. The number of benzene rings is 2. The van der Waals surface area contributed by atoms with Gasteiger partial charge in [0.25, 0.3) is 0 Å². The van der Waals surface area contributed by atoms with Gasteiger partial charge in [-0.2, -0.15) is 0 Å². The second kappa shape index (κ2) is 10.8. The van der Waals surface area contributed by atoms with E-state index < -0.39 is 0 Å². The molecule has 0 amide bonds. The Morgan fingerprint density at radius 3 is 2.50 bits per heavy atom. The summed E-state index contributed by atoms with van der Waals surface area (Å²) in [7, 11) is 1.78. The number of rotatable bonds is 6. The molecule has 1 aromatic heterocycles. The zero-order valence-corrected chi connectivity index (χ0v) is 18.8. The van der Waals surface area contributed by atoms with Crippen LogP contribution >= 0.6 is 24.0 Å². The van der Waals surface area contributed by atoms with Crippen LogP contribution < -0.4 is 10.6 Å². The van der Waals surface area contributed by atoms with Crippen molar-refractivity contribution in [3.63, 3.8) is 0 Å². The fraction of sp³-hybridized carbons (Fsp3) is 0.273. The van der Waals surface area contributed by atoms with E-state index in [9.17, 15) is 0 Å². The molecule has 0 bridgehead atoms. The number of aliphatic imine (C=N–C) groups is 1. The highest BCUT2D eigenvalue weighted by Crippen LogP contribution is 2.19. The molecule has 0 aliphatic carbocycles. The van der Waals surface area contributed by atoms with E-state index >= 15 is 0 Å². The third-order valence-corrected chi connectivity index (χ3v) is 4.40. The van der Waals surface area contributed by atoms with Gasteiger partial charge in [-0.15, -0.1) is 24.0 Å². The molecule has 6 heteroatoms. The minimum Gasteiger partial charge on any atom is -0.444 e. The molecule has 0 saturated carbocycles. The minimum absolute atomic E-state index is 0. The van der Waals surface area contributed by atoms with Crippen molar-refractivity contribution in [1.82, 2.24) is 15.6 Å². The number of guanidine groups is 1. The van der Waals surface area contributed by atoms with Crippen molar-refractivity contribution in [2.45, 2.75) is 26.3 Å². The van der Waals surface area contributed by atoms with E-state index in [0.29, 0.717) is 5.89 Å². The summed E-state index contributed by atoms with van der Waals surface area (Å²) in [6.45, 7) is 4.91. The number of hydrogen-bond acceptors (Lipinski definition) is 3. The largest absolute Gasteiger partial charge is 0.444 e. The molecule has 2 N–H and O–H groups in total. The third kappa shape index (κ3) is 6.09. The van der Waals surface area contributed by atoms with E-state index in [-0.39, 0.29) is 30.0 Å². The zero-order valence-electron chi connectivity index (χ0n) is 16.5. The molecule has 148 valence electrons. The molecule has 0 radical (unpaired) electrons. The monoisotopic (exact) mass is 490 g/mol. The van der Waals surface area contributed by atoms with Gasteiger partial charge in [-0.3, -0.25) is 4.99 Å². The highest BCUT2D eigenvalue weighted by Gasteiger charge is 2.09. The summed E-state index contributed by atoms with van der Waals surface area (Å²) in [5, 5.41) is 6.73. The van der Waals surface area contributed by atoms with Crippen molar-refractivity contribution in [2.75, 3.05) is 13.6 Å². The van der Waals surface area contributed by atoms with Gasteiger partial charge < -0.3 is 15.1 Å². The van der Waals surface area contributed by atoms with E-state index in [4.69, 9.17) is 4.42 Å². The molecule has 2 aromatic carbocycles. The first-order chi connectivity index (χ1) is 13.2. The molecule has 5 nitrogen and oxygen atoms in total. The van der Waals surface area contributed by atoms with Crippen LogP contribution in [-0.4, -0.2) is 24.5 Å². The quantitative estimate of drug-likeness (QED) is 0.298.